The van der Waals surface area contributed by atoms with E-state index >= 15 is 0 Å². The van der Waals surface area contributed by atoms with Crippen LogP contribution in [0.3, 0.4) is 0 Å². The van der Waals surface area contributed by atoms with Gasteiger partial charge in [0.1, 0.15) is 0 Å². The molecule has 0 spiro atoms. The van der Waals surface area contributed by atoms with Gasteiger partial charge >= 0.3 is 0 Å². The minimum absolute atomic E-state index is 0.223. The Morgan fingerprint density at radius 1 is 1.05 bits per heavy atom. The molecule has 3 heteroatoms. The molecule has 0 saturated heterocycles. The van der Waals surface area contributed by atoms with Gasteiger partial charge in [-0.05, 0) is 57.5 Å². The first-order chi connectivity index (χ1) is 10.1. The van der Waals surface area contributed by atoms with Crippen molar-refractivity contribution in [1.82, 2.24) is 4.90 Å². The summed E-state index contributed by atoms with van der Waals surface area (Å²) >= 11 is 0. The fourth-order valence-corrected chi connectivity index (χ4v) is 2.66. The lowest BCUT2D eigenvalue weighted by molar-refractivity contribution is -0.118. The average molecular weight is 290 g/mol. The number of rotatable bonds is 9. The number of aryl methyl sites for hydroxylation is 1. The lowest BCUT2D eigenvalue weighted by Gasteiger charge is -2.25. The van der Waals surface area contributed by atoms with Gasteiger partial charge in [0.2, 0.25) is 5.91 Å². The van der Waals surface area contributed by atoms with Gasteiger partial charge in [-0.2, -0.15) is 0 Å². The van der Waals surface area contributed by atoms with E-state index < -0.39 is 0 Å². The van der Waals surface area contributed by atoms with Crippen LogP contribution in [-0.4, -0.2) is 37.0 Å². The molecule has 1 rings (SSSR count). The van der Waals surface area contributed by atoms with Gasteiger partial charge in [-0.3, -0.25) is 4.79 Å². The van der Waals surface area contributed by atoms with Crippen molar-refractivity contribution in [3.63, 3.8) is 0 Å². The minimum atomic E-state index is 0.223. The third kappa shape index (κ3) is 5.88. The van der Waals surface area contributed by atoms with Gasteiger partial charge in [-0.15, -0.1) is 0 Å². The van der Waals surface area contributed by atoms with Crippen LogP contribution >= 0.6 is 0 Å². The average Bonchev–Trinajstić information content (AvgIpc) is 2.46. The van der Waals surface area contributed by atoms with Crippen LogP contribution in [0.25, 0.3) is 0 Å². The number of carbonyl (C=O) groups excluding carboxylic acids is 1. The Kier molecular flexibility index (Phi) is 8.06. The SMILES string of the molecule is CCCN(CCC)CCC(=O)N(CC)c1cccc(C)c1. The van der Waals surface area contributed by atoms with Gasteiger partial charge in [-0.1, -0.05) is 26.0 Å². The Hall–Kier alpha value is -1.35. The lowest BCUT2D eigenvalue weighted by atomic mass is 10.2. The number of carbonyl (C=O) groups is 1. The zero-order valence-electron chi connectivity index (χ0n) is 14.1. The molecule has 1 amide bonds. The largest absolute Gasteiger partial charge is 0.313 e. The van der Waals surface area contributed by atoms with Crippen LogP contribution in [0.15, 0.2) is 24.3 Å². The molecule has 1 aromatic rings. The van der Waals surface area contributed by atoms with Crippen LogP contribution in [0.1, 0.15) is 45.6 Å². The first-order valence-electron chi connectivity index (χ1n) is 8.21. The van der Waals surface area contributed by atoms with Crippen LogP contribution in [0, 0.1) is 6.92 Å². The van der Waals surface area contributed by atoms with E-state index in [0.717, 1.165) is 44.7 Å². The molecule has 0 aliphatic rings. The van der Waals surface area contributed by atoms with Crippen LogP contribution < -0.4 is 4.90 Å². The summed E-state index contributed by atoms with van der Waals surface area (Å²) < 4.78 is 0. The summed E-state index contributed by atoms with van der Waals surface area (Å²) in [6.07, 6.45) is 2.88. The van der Waals surface area contributed by atoms with Crippen molar-refractivity contribution in [3.8, 4) is 0 Å². The highest BCUT2D eigenvalue weighted by Gasteiger charge is 2.15. The topological polar surface area (TPSA) is 23.6 Å². The van der Waals surface area contributed by atoms with Crippen molar-refractivity contribution in [2.24, 2.45) is 0 Å². The number of amides is 1. The molecule has 0 heterocycles. The highest BCUT2D eigenvalue weighted by atomic mass is 16.2. The second kappa shape index (κ2) is 9.56. The third-order valence-corrected chi connectivity index (χ3v) is 3.65. The molecule has 0 bridgehead atoms. The van der Waals surface area contributed by atoms with E-state index in [1.165, 1.54) is 5.56 Å². The van der Waals surface area contributed by atoms with Gasteiger partial charge in [0.15, 0.2) is 0 Å². The number of benzene rings is 1. The van der Waals surface area contributed by atoms with Gasteiger partial charge in [0.25, 0.3) is 0 Å². The summed E-state index contributed by atoms with van der Waals surface area (Å²) in [6, 6.07) is 8.18. The monoisotopic (exact) mass is 290 g/mol. The first kappa shape index (κ1) is 17.7. The maximum atomic E-state index is 12.5. The van der Waals surface area contributed by atoms with Crippen molar-refractivity contribution in [2.75, 3.05) is 31.1 Å². The second-order valence-electron chi connectivity index (χ2n) is 5.57. The molecule has 118 valence electrons. The fraction of sp³-hybridized carbons (Fsp3) is 0.611. The standard InChI is InChI=1S/C18H30N2O/c1-5-12-19(13-6-2)14-11-18(21)20(7-3)17-10-8-9-16(4)15-17/h8-10,15H,5-7,11-14H2,1-4H3. The van der Waals surface area contributed by atoms with E-state index in [1.807, 2.05) is 24.0 Å². The molecular formula is C18H30N2O. The Bertz CT molecular complexity index is 425. The Morgan fingerprint density at radius 2 is 1.71 bits per heavy atom. The van der Waals surface area contributed by atoms with Crippen molar-refractivity contribution in [1.29, 1.82) is 0 Å². The Balaban J connectivity index is 2.62. The highest BCUT2D eigenvalue weighted by molar-refractivity contribution is 5.93. The van der Waals surface area contributed by atoms with Crippen LogP contribution in [0.5, 0.6) is 0 Å². The van der Waals surface area contributed by atoms with E-state index in [0.29, 0.717) is 6.42 Å². The van der Waals surface area contributed by atoms with E-state index in [-0.39, 0.29) is 5.91 Å². The molecule has 0 aliphatic heterocycles. The van der Waals surface area contributed by atoms with E-state index in [9.17, 15) is 4.79 Å². The van der Waals surface area contributed by atoms with Gasteiger partial charge in [0, 0.05) is 25.2 Å². The van der Waals surface area contributed by atoms with E-state index in [4.69, 9.17) is 0 Å². The maximum absolute atomic E-state index is 12.5. The van der Waals surface area contributed by atoms with Crippen molar-refractivity contribution >= 4 is 11.6 Å². The summed E-state index contributed by atoms with van der Waals surface area (Å²) in [5, 5.41) is 0. The van der Waals surface area contributed by atoms with Gasteiger partial charge in [-0.25, -0.2) is 0 Å². The molecule has 0 radical (unpaired) electrons. The van der Waals surface area contributed by atoms with Crippen molar-refractivity contribution in [3.05, 3.63) is 29.8 Å². The summed E-state index contributed by atoms with van der Waals surface area (Å²) in [4.78, 5) is 16.8. The normalized spacial score (nSPS) is 10.9. The Labute approximate surface area is 129 Å². The molecule has 0 fully saturated rings. The van der Waals surface area contributed by atoms with Crippen LogP contribution in [-0.2, 0) is 4.79 Å². The summed E-state index contributed by atoms with van der Waals surface area (Å²) in [5.74, 6) is 0.223. The first-order valence-corrected chi connectivity index (χ1v) is 8.21. The van der Waals surface area contributed by atoms with Gasteiger partial charge < -0.3 is 9.80 Å². The third-order valence-electron chi connectivity index (χ3n) is 3.65. The van der Waals surface area contributed by atoms with E-state index in [1.54, 1.807) is 0 Å². The molecule has 1 aromatic carbocycles. The molecule has 0 aromatic heterocycles. The second-order valence-corrected chi connectivity index (χ2v) is 5.57. The zero-order valence-corrected chi connectivity index (χ0v) is 14.1. The molecule has 0 atom stereocenters. The molecule has 3 nitrogen and oxygen atoms in total. The highest BCUT2D eigenvalue weighted by Crippen LogP contribution is 2.16. The van der Waals surface area contributed by atoms with Crippen molar-refractivity contribution in [2.45, 2.75) is 47.0 Å². The molecule has 0 unspecified atom stereocenters. The summed E-state index contributed by atoms with van der Waals surface area (Å²) in [6.45, 7) is 12.2. The van der Waals surface area contributed by atoms with E-state index in [2.05, 4.69) is 37.8 Å². The lowest BCUT2D eigenvalue weighted by Crippen LogP contribution is -2.35. The molecule has 21 heavy (non-hydrogen) atoms. The number of hydrogen-bond donors (Lipinski definition) is 0. The van der Waals surface area contributed by atoms with Crippen molar-refractivity contribution < 1.29 is 4.79 Å². The number of anilines is 1. The fourth-order valence-electron chi connectivity index (χ4n) is 2.66. The molecular weight excluding hydrogens is 260 g/mol. The maximum Gasteiger partial charge on any atom is 0.228 e. The molecule has 0 N–H and O–H groups in total. The molecule has 0 saturated carbocycles. The summed E-state index contributed by atoms with van der Waals surface area (Å²) in [5.41, 5.74) is 2.21. The predicted molar refractivity (Wildman–Crippen MR) is 90.8 cm³/mol. The number of hydrogen-bond acceptors (Lipinski definition) is 2. The molecule has 0 aliphatic carbocycles. The number of nitrogens with zero attached hydrogens (tertiary/aromatic N) is 2. The minimum Gasteiger partial charge on any atom is -0.313 e. The predicted octanol–water partition coefficient (Wildman–Crippen LogP) is 3.86. The van der Waals surface area contributed by atoms with Gasteiger partial charge in [0.05, 0.1) is 0 Å². The zero-order chi connectivity index (χ0) is 15.7. The smallest absolute Gasteiger partial charge is 0.228 e. The van der Waals surface area contributed by atoms with Crippen LogP contribution in [0.4, 0.5) is 5.69 Å². The summed E-state index contributed by atoms with van der Waals surface area (Å²) in [7, 11) is 0. The van der Waals surface area contributed by atoms with Crippen LogP contribution in [0.2, 0.25) is 0 Å². The quantitative estimate of drug-likeness (QED) is 0.689. The Morgan fingerprint density at radius 3 is 2.24 bits per heavy atom.